The first-order valence-corrected chi connectivity index (χ1v) is 12.3. The molecule has 5 rings (SSSR count). The normalized spacial score (nSPS) is 13.1. The van der Waals surface area contributed by atoms with Gasteiger partial charge in [0.25, 0.3) is 11.5 Å². The second kappa shape index (κ2) is 7.41. The fourth-order valence-corrected chi connectivity index (χ4v) is 5.19. The van der Waals surface area contributed by atoms with Gasteiger partial charge in [-0.25, -0.2) is 12.8 Å². The van der Waals surface area contributed by atoms with Crippen molar-refractivity contribution in [2.24, 2.45) is 7.05 Å². The second-order valence-corrected chi connectivity index (χ2v) is 10.5. The van der Waals surface area contributed by atoms with Crippen molar-refractivity contribution in [3.8, 4) is 11.1 Å². The molecule has 7 nitrogen and oxygen atoms in total. The highest BCUT2D eigenvalue weighted by Crippen LogP contribution is 2.41. The molecule has 3 heterocycles. The predicted octanol–water partition coefficient (Wildman–Crippen LogP) is 3.38. The lowest BCUT2D eigenvalue weighted by atomic mass is 9.99. The van der Waals surface area contributed by atoms with Crippen LogP contribution in [0, 0.1) is 5.82 Å². The summed E-state index contributed by atoms with van der Waals surface area (Å²) in [5.41, 5.74) is 3.16. The molecule has 9 heteroatoms. The predicted molar refractivity (Wildman–Crippen MR) is 124 cm³/mol. The summed E-state index contributed by atoms with van der Waals surface area (Å²) in [5.74, 6) is -1.33. The molecule has 0 saturated carbocycles. The van der Waals surface area contributed by atoms with Crippen molar-refractivity contribution < 1.29 is 17.6 Å². The van der Waals surface area contributed by atoms with E-state index in [1.54, 1.807) is 43.7 Å². The number of nitrogens with one attached hydrogen (secondary N) is 1. The molecule has 33 heavy (non-hydrogen) atoms. The highest BCUT2D eigenvalue weighted by atomic mass is 32.2. The Balaban J connectivity index is 1.80. The Labute approximate surface area is 189 Å². The number of aromatic amines is 1. The quantitative estimate of drug-likeness (QED) is 0.502. The number of H-pyrrole nitrogens is 1. The number of carbonyl (C=O) groups excluding carboxylic acids is 1. The van der Waals surface area contributed by atoms with E-state index in [1.807, 2.05) is 0 Å². The molecule has 2 aromatic carbocycles. The van der Waals surface area contributed by atoms with E-state index in [-0.39, 0.29) is 23.4 Å². The van der Waals surface area contributed by atoms with Crippen LogP contribution in [-0.4, -0.2) is 30.1 Å². The van der Waals surface area contributed by atoms with Gasteiger partial charge in [0.2, 0.25) is 0 Å². The molecule has 0 saturated heterocycles. The Kier molecular flexibility index (Phi) is 4.75. The molecule has 0 radical (unpaired) electrons. The standard InChI is InChI=1S/C24H20FN3O4S/c1-27-12-18-17-9-14(13-33(2,31)32)7-8-20(17)28(23(29)16-5-3-4-6-19(16)25)11-15-10-26-22(21(15)18)24(27)30/h3-10,12,26H,11,13H2,1-2H3. The number of sulfone groups is 1. The first-order valence-electron chi connectivity index (χ1n) is 10.2. The summed E-state index contributed by atoms with van der Waals surface area (Å²) in [5, 5.41) is 0.666. The fourth-order valence-electron chi connectivity index (χ4n) is 4.41. The van der Waals surface area contributed by atoms with Crippen LogP contribution in [0.1, 0.15) is 21.5 Å². The van der Waals surface area contributed by atoms with Crippen LogP contribution in [0.15, 0.2) is 59.7 Å². The van der Waals surface area contributed by atoms with E-state index in [4.69, 9.17) is 0 Å². The van der Waals surface area contributed by atoms with Crippen molar-refractivity contribution in [1.82, 2.24) is 9.55 Å². The molecule has 1 N–H and O–H groups in total. The van der Waals surface area contributed by atoms with Crippen LogP contribution >= 0.6 is 0 Å². The van der Waals surface area contributed by atoms with E-state index in [2.05, 4.69) is 4.98 Å². The summed E-state index contributed by atoms with van der Waals surface area (Å²) in [6.45, 7) is 0.117. The number of carbonyl (C=O) groups is 1. The van der Waals surface area contributed by atoms with Crippen molar-refractivity contribution in [3.63, 3.8) is 0 Å². The van der Waals surface area contributed by atoms with E-state index in [0.29, 0.717) is 38.8 Å². The lowest BCUT2D eigenvalue weighted by Crippen LogP contribution is -2.31. The first-order chi connectivity index (χ1) is 15.6. The number of aromatic nitrogens is 2. The molecule has 168 valence electrons. The first kappa shape index (κ1) is 21.1. The lowest BCUT2D eigenvalue weighted by Gasteiger charge is -2.24. The summed E-state index contributed by atoms with van der Waals surface area (Å²) >= 11 is 0. The Morgan fingerprint density at radius 3 is 2.64 bits per heavy atom. The van der Waals surface area contributed by atoms with Crippen LogP contribution in [0.2, 0.25) is 0 Å². The molecule has 0 fully saturated rings. The number of aryl methyl sites for hydroxylation is 1. The average Bonchev–Trinajstić information content (AvgIpc) is 3.12. The molecule has 0 unspecified atom stereocenters. The van der Waals surface area contributed by atoms with Gasteiger partial charge in [-0.1, -0.05) is 18.2 Å². The minimum atomic E-state index is -3.30. The number of anilines is 1. The van der Waals surface area contributed by atoms with Crippen LogP contribution < -0.4 is 10.5 Å². The van der Waals surface area contributed by atoms with Gasteiger partial charge in [0.15, 0.2) is 9.84 Å². The van der Waals surface area contributed by atoms with Gasteiger partial charge in [-0.05, 0) is 35.4 Å². The summed E-state index contributed by atoms with van der Waals surface area (Å²) < 4.78 is 39.8. The number of amides is 1. The van der Waals surface area contributed by atoms with E-state index >= 15 is 0 Å². The maximum absolute atomic E-state index is 14.5. The third-order valence-electron chi connectivity index (χ3n) is 5.84. The fraction of sp³-hybridized carbons (Fsp3) is 0.167. The molecular weight excluding hydrogens is 445 g/mol. The Morgan fingerprint density at radius 2 is 1.91 bits per heavy atom. The number of nitrogens with zero attached hydrogens (tertiary/aromatic N) is 2. The third-order valence-corrected chi connectivity index (χ3v) is 6.69. The van der Waals surface area contributed by atoms with E-state index < -0.39 is 21.6 Å². The third kappa shape index (κ3) is 3.54. The largest absolute Gasteiger partial charge is 0.356 e. The summed E-state index contributed by atoms with van der Waals surface area (Å²) in [6, 6.07) is 10.8. The van der Waals surface area contributed by atoms with Crippen LogP contribution in [0.4, 0.5) is 10.1 Å². The van der Waals surface area contributed by atoms with Crippen molar-refractivity contribution in [3.05, 3.63) is 87.7 Å². The van der Waals surface area contributed by atoms with Crippen LogP contribution in [0.5, 0.6) is 0 Å². The van der Waals surface area contributed by atoms with Gasteiger partial charge < -0.3 is 14.5 Å². The highest BCUT2D eigenvalue weighted by molar-refractivity contribution is 7.89. The Bertz CT molecular complexity index is 1620. The number of rotatable bonds is 3. The molecule has 2 aromatic heterocycles. The minimum absolute atomic E-state index is 0.0727. The van der Waals surface area contributed by atoms with Crippen molar-refractivity contribution in [1.29, 1.82) is 0 Å². The molecular formula is C24H20FN3O4S. The van der Waals surface area contributed by atoms with Gasteiger partial charge in [0.05, 0.1) is 23.5 Å². The average molecular weight is 466 g/mol. The molecule has 0 spiro atoms. The molecule has 0 aliphatic carbocycles. The molecule has 1 amide bonds. The summed E-state index contributed by atoms with van der Waals surface area (Å²) in [4.78, 5) is 30.7. The smallest absolute Gasteiger partial charge is 0.274 e. The van der Waals surface area contributed by atoms with Crippen molar-refractivity contribution in [2.45, 2.75) is 12.3 Å². The molecule has 0 bridgehead atoms. The van der Waals surface area contributed by atoms with E-state index in [0.717, 1.165) is 6.26 Å². The Morgan fingerprint density at radius 1 is 1.15 bits per heavy atom. The zero-order valence-electron chi connectivity index (χ0n) is 17.9. The second-order valence-electron chi connectivity index (χ2n) is 8.32. The lowest BCUT2D eigenvalue weighted by molar-refractivity contribution is 0.0981. The number of benzene rings is 2. The zero-order valence-corrected chi connectivity index (χ0v) is 18.7. The SMILES string of the molecule is Cn1cc2c3c(c[nH]c3c1=O)CN(C(=O)c1ccccc1F)c1ccc(CS(C)(=O)=O)cc1-2. The van der Waals surface area contributed by atoms with Gasteiger partial charge >= 0.3 is 0 Å². The topological polar surface area (TPSA) is 92.2 Å². The molecule has 4 aromatic rings. The van der Waals surface area contributed by atoms with Crippen molar-refractivity contribution >= 4 is 32.3 Å². The number of hydrogen-bond donors (Lipinski definition) is 1. The van der Waals surface area contributed by atoms with Crippen molar-refractivity contribution in [2.75, 3.05) is 11.2 Å². The van der Waals surface area contributed by atoms with Gasteiger partial charge in [0.1, 0.15) is 11.3 Å². The minimum Gasteiger partial charge on any atom is -0.356 e. The van der Waals surface area contributed by atoms with Crippen LogP contribution in [-0.2, 0) is 29.2 Å². The van der Waals surface area contributed by atoms with Gasteiger partial charge in [-0.2, -0.15) is 0 Å². The highest BCUT2D eigenvalue weighted by Gasteiger charge is 2.29. The van der Waals surface area contributed by atoms with Crippen LogP contribution in [0.25, 0.3) is 22.0 Å². The monoisotopic (exact) mass is 465 g/mol. The molecule has 1 aliphatic heterocycles. The number of halogens is 1. The number of fused-ring (bicyclic) bond motifs is 2. The summed E-state index contributed by atoms with van der Waals surface area (Å²) in [6.07, 6.45) is 4.52. The van der Waals surface area contributed by atoms with Crippen LogP contribution in [0.3, 0.4) is 0 Å². The van der Waals surface area contributed by atoms with Gasteiger partial charge in [-0.3, -0.25) is 9.59 Å². The summed E-state index contributed by atoms with van der Waals surface area (Å²) in [7, 11) is -1.67. The van der Waals surface area contributed by atoms with Gasteiger partial charge in [-0.15, -0.1) is 0 Å². The van der Waals surface area contributed by atoms with E-state index in [1.165, 1.54) is 27.7 Å². The van der Waals surface area contributed by atoms with Gasteiger partial charge in [0, 0.05) is 42.2 Å². The zero-order chi connectivity index (χ0) is 23.5. The number of hydrogen-bond acceptors (Lipinski definition) is 4. The Hall–Kier alpha value is -3.72. The maximum atomic E-state index is 14.5. The molecule has 0 atom stereocenters. The molecule has 1 aliphatic rings. The maximum Gasteiger partial charge on any atom is 0.274 e. The number of pyridine rings is 1. The van der Waals surface area contributed by atoms with E-state index in [9.17, 15) is 22.4 Å².